The smallest absolute Gasteiger partial charge is 0.123 e. The van der Waals surface area contributed by atoms with E-state index < -0.39 is 0 Å². The molecule has 4 aromatic carbocycles. The fourth-order valence-corrected chi connectivity index (χ4v) is 4.67. The van der Waals surface area contributed by atoms with Gasteiger partial charge in [0.2, 0.25) is 0 Å². The largest absolute Gasteiger partial charge is 0.507 e. The molecule has 0 radical (unpaired) electrons. The minimum atomic E-state index is -0.240. The van der Waals surface area contributed by atoms with Crippen molar-refractivity contribution in [2.24, 2.45) is 0 Å². The van der Waals surface area contributed by atoms with Gasteiger partial charge in [0, 0.05) is 16.2 Å². The van der Waals surface area contributed by atoms with Crippen molar-refractivity contribution in [1.82, 2.24) is 0 Å². The second-order valence-corrected chi connectivity index (χ2v) is 8.14. The number of benzene rings is 4. The normalized spacial score (nSPS) is 11.9. The van der Waals surface area contributed by atoms with Gasteiger partial charge in [-0.15, -0.1) is 0 Å². The molecule has 0 aliphatic heterocycles. The third kappa shape index (κ3) is 3.33. The Morgan fingerprint density at radius 1 is 0.621 bits per heavy atom. The first-order valence-corrected chi connectivity index (χ1v) is 10.5. The van der Waals surface area contributed by atoms with Crippen molar-refractivity contribution in [3.63, 3.8) is 0 Å². The lowest BCUT2D eigenvalue weighted by molar-refractivity contribution is 0.474. The highest BCUT2D eigenvalue weighted by molar-refractivity contribution is 5.95. The summed E-state index contributed by atoms with van der Waals surface area (Å²) >= 11 is 0. The average molecular weight is 385 g/mol. The summed E-state index contributed by atoms with van der Waals surface area (Å²) in [4.78, 5) is 0. The Balaban J connectivity index is 2.01. The molecular weight excluding hydrogens is 356 g/mol. The lowest BCUT2D eigenvalue weighted by atomic mass is 9.69. The number of phenols is 2. The minimum absolute atomic E-state index is 0.240. The highest BCUT2D eigenvalue weighted by Crippen LogP contribution is 2.45. The maximum Gasteiger partial charge on any atom is 0.123 e. The van der Waals surface area contributed by atoms with Gasteiger partial charge in [-0.1, -0.05) is 93.8 Å². The van der Waals surface area contributed by atoms with E-state index in [0.29, 0.717) is 11.5 Å². The van der Waals surface area contributed by atoms with Crippen LogP contribution in [-0.4, -0.2) is 10.2 Å². The van der Waals surface area contributed by atoms with Crippen LogP contribution in [0.2, 0.25) is 0 Å². The number of phenolic OH excluding ortho intramolecular Hbond substituents is 2. The number of hydrogen-bond acceptors (Lipinski definition) is 2. The van der Waals surface area contributed by atoms with Crippen molar-refractivity contribution >= 4 is 21.5 Å². The van der Waals surface area contributed by atoms with E-state index >= 15 is 0 Å². The van der Waals surface area contributed by atoms with Crippen LogP contribution in [0.4, 0.5) is 0 Å². The van der Waals surface area contributed by atoms with Gasteiger partial charge in [-0.25, -0.2) is 0 Å². The van der Waals surface area contributed by atoms with Crippen molar-refractivity contribution < 1.29 is 10.2 Å². The predicted molar refractivity (Wildman–Crippen MR) is 122 cm³/mol. The second kappa shape index (κ2) is 7.79. The summed E-state index contributed by atoms with van der Waals surface area (Å²) in [6.07, 6.45) is 4.48. The van der Waals surface area contributed by atoms with E-state index in [2.05, 4.69) is 38.1 Å². The van der Waals surface area contributed by atoms with E-state index in [4.69, 9.17) is 0 Å². The molecule has 0 aliphatic carbocycles. The molecule has 0 saturated heterocycles. The van der Waals surface area contributed by atoms with E-state index in [-0.39, 0.29) is 5.41 Å². The molecule has 0 aliphatic rings. The predicted octanol–water partition coefficient (Wildman–Crippen LogP) is 7.29. The van der Waals surface area contributed by atoms with E-state index in [1.165, 1.54) is 24.0 Å². The van der Waals surface area contributed by atoms with Crippen LogP contribution in [0.3, 0.4) is 0 Å². The Hall–Kier alpha value is -3.00. The van der Waals surface area contributed by atoms with Crippen LogP contribution in [0, 0.1) is 0 Å². The van der Waals surface area contributed by atoms with Crippen molar-refractivity contribution in [2.75, 3.05) is 0 Å². The van der Waals surface area contributed by atoms with Crippen LogP contribution in [0.25, 0.3) is 21.5 Å². The standard InChI is InChI=1S/C27H28O2/c1-3-4-9-18-27(2,23-14-16-25(28)21-12-7-5-10-19(21)23)24-15-17-26(29)22-13-8-6-11-20(22)24/h5-8,10-17,28-29H,3-4,9,18H2,1-2H3. The van der Waals surface area contributed by atoms with Gasteiger partial charge in [0.05, 0.1) is 0 Å². The maximum atomic E-state index is 10.4. The Labute approximate surface area is 172 Å². The van der Waals surface area contributed by atoms with Gasteiger partial charge in [-0.05, 0) is 40.5 Å². The minimum Gasteiger partial charge on any atom is -0.507 e. The Morgan fingerprint density at radius 3 is 1.52 bits per heavy atom. The SMILES string of the molecule is CCCCCC(C)(c1ccc(O)c2ccccc12)c1ccc(O)c2ccccc12. The number of aromatic hydroxyl groups is 2. The summed E-state index contributed by atoms with van der Waals surface area (Å²) in [7, 11) is 0. The quantitative estimate of drug-likeness (QED) is 0.343. The Morgan fingerprint density at radius 2 is 1.07 bits per heavy atom. The number of rotatable bonds is 6. The fourth-order valence-electron chi connectivity index (χ4n) is 4.67. The van der Waals surface area contributed by atoms with E-state index in [0.717, 1.165) is 34.4 Å². The third-order valence-corrected chi connectivity index (χ3v) is 6.27. The second-order valence-electron chi connectivity index (χ2n) is 8.14. The van der Waals surface area contributed by atoms with Gasteiger partial charge >= 0.3 is 0 Å². The van der Waals surface area contributed by atoms with Gasteiger partial charge in [-0.3, -0.25) is 0 Å². The monoisotopic (exact) mass is 384 g/mol. The van der Waals surface area contributed by atoms with Crippen molar-refractivity contribution in [2.45, 2.75) is 44.9 Å². The van der Waals surface area contributed by atoms with Crippen molar-refractivity contribution in [3.05, 3.63) is 83.9 Å². The van der Waals surface area contributed by atoms with Gasteiger partial charge in [0.25, 0.3) is 0 Å². The summed E-state index contributed by atoms with van der Waals surface area (Å²) in [5, 5.41) is 24.8. The summed E-state index contributed by atoms with van der Waals surface area (Å²) in [6.45, 7) is 4.53. The van der Waals surface area contributed by atoms with Crippen molar-refractivity contribution in [1.29, 1.82) is 0 Å². The molecule has 4 rings (SSSR count). The van der Waals surface area contributed by atoms with Gasteiger partial charge in [0.1, 0.15) is 11.5 Å². The zero-order valence-electron chi connectivity index (χ0n) is 17.2. The van der Waals surface area contributed by atoms with E-state index in [1.54, 1.807) is 0 Å². The molecular formula is C27H28O2. The summed E-state index contributed by atoms with van der Waals surface area (Å²) in [5.74, 6) is 0.631. The number of unbranched alkanes of at least 4 members (excludes halogenated alkanes) is 2. The summed E-state index contributed by atoms with van der Waals surface area (Å²) in [5.41, 5.74) is 2.20. The third-order valence-electron chi connectivity index (χ3n) is 6.27. The van der Waals surface area contributed by atoms with Crippen LogP contribution >= 0.6 is 0 Å². The molecule has 0 atom stereocenters. The van der Waals surface area contributed by atoms with Gasteiger partial charge in [0.15, 0.2) is 0 Å². The topological polar surface area (TPSA) is 40.5 Å². The Bertz CT molecular complexity index is 1070. The van der Waals surface area contributed by atoms with Crippen LogP contribution in [0.1, 0.15) is 50.7 Å². The first kappa shape index (κ1) is 19.3. The molecule has 29 heavy (non-hydrogen) atoms. The molecule has 0 aromatic heterocycles. The molecule has 4 aromatic rings. The van der Waals surface area contributed by atoms with E-state index in [1.807, 2.05) is 48.5 Å². The van der Waals surface area contributed by atoms with Crippen LogP contribution in [0.5, 0.6) is 11.5 Å². The summed E-state index contributed by atoms with van der Waals surface area (Å²) in [6, 6.07) is 24.0. The fraction of sp³-hybridized carbons (Fsp3) is 0.259. The molecule has 2 N–H and O–H groups in total. The number of hydrogen-bond donors (Lipinski definition) is 2. The Kier molecular flexibility index (Phi) is 5.19. The molecule has 0 unspecified atom stereocenters. The van der Waals surface area contributed by atoms with Gasteiger partial charge < -0.3 is 10.2 Å². The zero-order valence-corrected chi connectivity index (χ0v) is 17.2. The molecule has 0 heterocycles. The average Bonchev–Trinajstić information content (AvgIpc) is 2.74. The maximum absolute atomic E-state index is 10.4. The van der Waals surface area contributed by atoms with E-state index in [9.17, 15) is 10.2 Å². The van der Waals surface area contributed by atoms with Crippen molar-refractivity contribution in [3.8, 4) is 11.5 Å². The molecule has 2 heteroatoms. The van der Waals surface area contributed by atoms with Crippen LogP contribution in [-0.2, 0) is 5.41 Å². The highest BCUT2D eigenvalue weighted by atomic mass is 16.3. The lowest BCUT2D eigenvalue weighted by Crippen LogP contribution is -2.24. The molecule has 148 valence electrons. The molecule has 2 nitrogen and oxygen atoms in total. The molecule has 0 saturated carbocycles. The first-order valence-electron chi connectivity index (χ1n) is 10.5. The molecule has 0 amide bonds. The first-order chi connectivity index (χ1) is 14.1. The zero-order chi connectivity index (χ0) is 20.4. The van der Waals surface area contributed by atoms with Crippen LogP contribution < -0.4 is 0 Å². The van der Waals surface area contributed by atoms with Crippen LogP contribution in [0.15, 0.2) is 72.8 Å². The van der Waals surface area contributed by atoms with Gasteiger partial charge in [-0.2, -0.15) is 0 Å². The highest BCUT2D eigenvalue weighted by Gasteiger charge is 2.32. The molecule has 0 fully saturated rings. The molecule has 0 bridgehead atoms. The summed E-state index contributed by atoms with van der Waals surface area (Å²) < 4.78 is 0. The molecule has 0 spiro atoms. The lowest BCUT2D eigenvalue weighted by Gasteiger charge is -2.34. The number of fused-ring (bicyclic) bond motifs is 2.